The molecule has 15 heavy (non-hydrogen) atoms. The van der Waals surface area contributed by atoms with Crippen molar-refractivity contribution in [3.63, 3.8) is 0 Å². The smallest absolute Gasteiger partial charge is 0.128 e. The average molecular weight is 208 g/mol. The van der Waals surface area contributed by atoms with E-state index in [1.54, 1.807) is 6.07 Å². The molecule has 0 bridgehead atoms. The van der Waals surface area contributed by atoms with Gasteiger partial charge in [0.1, 0.15) is 17.2 Å². The van der Waals surface area contributed by atoms with E-state index in [-0.39, 0.29) is 11.4 Å². The van der Waals surface area contributed by atoms with Crippen LogP contribution in [0.5, 0.6) is 5.75 Å². The van der Waals surface area contributed by atoms with Gasteiger partial charge in [-0.05, 0) is 31.4 Å². The zero-order valence-electron chi connectivity index (χ0n) is 8.37. The summed E-state index contributed by atoms with van der Waals surface area (Å²) in [6, 6.07) is 4.35. The van der Waals surface area contributed by atoms with E-state index >= 15 is 0 Å². The highest BCUT2D eigenvalue weighted by Gasteiger charge is 2.45. The molecule has 1 unspecified atom stereocenters. The minimum Gasteiger partial charge on any atom is -0.487 e. The topological polar surface area (TPSA) is 29.5 Å². The third-order valence-electron chi connectivity index (χ3n) is 3.49. The molecule has 0 aromatic heterocycles. The number of halogens is 1. The van der Waals surface area contributed by atoms with Crippen LogP contribution in [-0.4, -0.2) is 10.7 Å². The summed E-state index contributed by atoms with van der Waals surface area (Å²) in [6.07, 6.45) is 3.22. The molecule has 0 amide bonds. The number of aliphatic hydroxyl groups is 1. The van der Waals surface area contributed by atoms with Crippen molar-refractivity contribution >= 4 is 0 Å². The van der Waals surface area contributed by atoms with Crippen LogP contribution in [-0.2, 0) is 0 Å². The summed E-state index contributed by atoms with van der Waals surface area (Å²) < 4.78 is 18.8. The quantitative estimate of drug-likeness (QED) is 0.710. The molecule has 1 aromatic rings. The van der Waals surface area contributed by atoms with Gasteiger partial charge in [-0.1, -0.05) is 0 Å². The highest BCUT2D eigenvalue weighted by molar-refractivity contribution is 5.39. The molecule has 1 aromatic carbocycles. The Labute approximate surface area is 87.7 Å². The van der Waals surface area contributed by atoms with Gasteiger partial charge in [-0.3, -0.25) is 0 Å². The second kappa shape index (κ2) is 2.95. The molecule has 2 aliphatic rings. The van der Waals surface area contributed by atoms with Crippen LogP contribution >= 0.6 is 0 Å². The molecule has 1 aliphatic carbocycles. The third-order valence-corrected chi connectivity index (χ3v) is 3.49. The molecule has 1 atom stereocenters. The summed E-state index contributed by atoms with van der Waals surface area (Å²) in [6.45, 7) is 0. The lowest BCUT2D eigenvalue weighted by Gasteiger charge is -2.46. The van der Waals surface area contributed by atoms with Gasteiger partial charge in [-0.15, -0.1) is 0 Å². The van der Waals surface area contributed by atoms with E-state index in [1.807, 2.05) is 0 Å². The van der Waals surface area contributed by atoms with E-state index in [0.29, 0.717) is 17.7 Å². The van der Waals surface area contributed by atoms with Gasteiger partial charge < -0.3 is 9.84 Å². The first-order chi connectivity index (χ1) is 7.19. The van der Waals surface area contributed by atoms with Crippen LogP contribution in [0.25, 0.3) is 0 Å². The van der Waals surface area contributed by atoms with Crippen molar-refractivity contribution < 1.29 is 14.2 Å². The molecule has 1 fully saturated rings. The maximum Gasteiger partial charge on any atom is 0.128 e. The van der Waals surface area contributed by atoms with Crippen molar-refractivity contribution in [2.24, 2.45) is 0 Å². The second-order valence-electron chi connectivity index (χ2n) is 4.54. The Morgan fingerprint density at radius 1 is 1.40 bits per heavy atom. The van der Waals surface area contributed by atoms with Crippen LogP contribution in [0.1, 0.15) is 37.4 Å². The number of benzene rings is 1. The van der Waals surface area contributed by atoms with Crippen LogP contribution in [0, 0.1) is 5.82 Å². The van der Waals surface area contributed by atoms with Crippen molar-refractivity contribution in [2.45, 2.75) is 37.4 Å². The Kier molecular flexibility index (Phi) is 1.80. The zero-order valence-corrected chi connectivity index (χ0v) is 8.37. The predicted octanol–water partition coefficient (Wildman–Crippen LogP) is 2.56. The fraction of sp³-hybridized carbons (Fsp3) is 0.500. The van der Waals surface area contributed by atoms with Gasteiger partial charge in [-0.25, -0.2) is 4.39 Å². The summed E-state index contributed by atoms with van der Waals surface area (Å²) in [5.41, 5.74) is 0.508. The molecule has 0 saturated heterocycles. The van der Waals surface area contributed by atoms with Crippen molar-refractivity contribution in [1.29, 1.82) is 0 Å². The lowest BCUT2D eigenvalue weighted by Crippen LogP contribution is -2.46. The summed E-state index contributed by atoms with van der Waals surface area (Å²) in [4.78, 5) is 0. The maximum atomic E-state index is 13.0. The fourth-order valence-corrected chi connectivity index (χ4v) is 2.49. The van der Waals surface area contributed by atoms with E-state index in [9.17, 15) is 9.50 Å². The van der Waals surface area contributed by atoms with E-state index in [1.165, 1.54) is 12.1 Å². The average Bonchev–Trinajstić information content (AvgIpc) is 2.14. The van der Waals surface area contributed by atoms with Gasteiger partial charge in [0.05, 0.1) is 6.10 Å². The monoisotopic (exact) mass is 208 g/mol. The van der Waals surface area contributed by atoms with Crippen LogP contribution in [0.4, 0.5) is 4.39 Å². The molecule has 1 heterocycles. The fourth-order valence-electron chi connectivity index (χ4n) is 2.49. The number of rotatable bonds is 0. The second-order valence-corrected chi connectivity index (χ2v) is 4.54. The number of hydrogen-bond acceptors (Lipinski definition) is 2. The van der Waals surface area contributed by atoms with Gasteiger partial charge in [-0.2, -0.15) is 0 Å². The zero-order chi connectivity index (χ0) is 10.5. The molecule has 3 rings (SSSR count). The molecule has 1 saturated carbocycles. The molecule has 3 heteroatoms. The number of fused-ring (bicyclic) bond motifs is 1. The maximum absolute atomic E-state index is 13.0. The Morgan fingerprint density at radius 2 is 2.20 bits per heavy atom. The van der Waals surface area contributed by atoms with E-state index < -0.39 is 6.10 Å². The Balaban J connectivity index is 2.01. The summed E-state index contributed by atoms with van der Waals surface area (Å²) >= 11 is 0. The summed E-state index contributed by atoms with van der Waals surface area (Å²) in [5.74, 6) is 0.214. The minimum absolute atomic E-state index is 0.208. The predicted molar refractivity (Wildman–Crippen MR) is 53.2 cm³/mol. The molecule has 80 valence electrons. The first-order valence-corrected chi connectivity index (χ1v) is 5.35. The highest BCUT2D eigenvalue weighted by atomic mass is 19.1. The Bertz CT molecular complexity index is 399. The highest BCUT2D eigenvalue weighted by Crippen LogP contribution is 2.48. The van der Waals surface area contributed by atoms with E-state index in [2.05, 4.69) is 0 Å². The van der Waals surface area contributed by atoms with Gasteiger partial charge in [0.15, 0.2) is 0 Å². The van der Waals surface area contributed by atoms with E-state index in [4.69, 9.17) is 4.74 Å². The van der Waals surface area contributed by atoms with Crippen molar-refractivity contribution in [1.82, 2.24) is 0 Å². The first kappa shape index (κ1) is 9.16. The summed E-state index contributed by atoms with van der Waals surface area (Å²) in [5, 5.41) is 9.95. The van der Waals surface area contributed by atoms with Gasteiger partial charge in [0.25, 0.3) is 0 Å². The van der Waals surface area contributed by atoms with E-state index in [0.717, 1.165) is 19.3 Å². The van der Waals surface area contributed by atoms with Crippen molar-refractivity contribution in [3.8, 4) is 5.75 Å². The number of aliphatic hydroxyl groups excluding tert-OH is 1. The largest absolute Gasteiger partial charge is 0.487 e. The summed E-state index contributed by atoms with van der Waals surface area (Å²) in [7, 11) is 0. The molecule has 1 spiro atoms. The standard InChI is InChI=1S/C12H13FO2/c13-8-2-3-9-10(14)7-12(4-1-5-12)15-11(9)6-8/h2-3,6,10,14H,1,4-5,7H2. The van der Waals surface area contributed by atoms with Gasteiger partial charge >= 0.3 is 0 Å². The van der Waals surface area contributed by atoms with Gasteiger partial charge in [0.2, 0.25) is 0 Å². The van der Waals surface area contributed by atoms with Gasteiger partial charge in [0, 0.05) is 18.1 Å². The number of ether oxygens (including phenoxy) is 1. The molecule has 0 radical (unpaired) electrons. The van der Waals surface area contributed by atoms with Crippen LogP contribution in [0.3, 0.4) is 0 Å². The lowest BCUT2D eigenvalue weighted by molar-refractivity contribution is -0.0665. The normalized spacial score (nSPS) is 26.7. The molecule has 1 aliphatic heterocycles. The number of hydrogen-bond donors (Lipinski definition) is 1. The molecule has 2 nitrogen and oxygen atoms in total. The SMILES string of the molecule is OC1CC2(CCC2)Oc2cc(F)ccc21. The van der Waals surface area contributed by atoms with Crippen LogP contribution in [0.2, 0.25) is 0 Å². The first-order valence-electron chi connectivity index (χ1n) is 5.35. The van der Waals surface area contributed by atoms with Crippen LogP contribution < -0.4 is 4.74 Å². The minimum atomic E-state index is -0.505. The molecular formula is C12H13FO2. The van der Waals surface area contributed by atoms with Crippen molar-refractivity contribution in [2.75, 3.05) is 0 Å². The Hall–Kier alpha value is -1.09. The molecule has 1 N–H and O–H groups in total. The lowest BCUT2D eigenvalue weighted by atomic mass is 9.73. The van der Waals surface area contributed by atoms with Crippen molar-refractivity contribution in [3.05, 3.63) is 29.6 Å². The Morgan fingerprint density at radius 3 is 2.87 bits per heavy atom. The third kappa shape index (κ3) is 1.34. The van der Waals surface area contributed by atoms with Crippen LogP contribution in [0.15, 0.2) is 18.2 Å². The molecular weight excluding hydrogens is 195 g/mol.